The number of benzene rings is 2. The molecule has 0 atom stereocenters. The zero-order chi connectivity index (χ0) is 20.6. The van der Waals surface area contributed by atoms with Crippen molar-refractivity contribution < 1.29 is 4.79 Å². The Hall–Kier alpha value is -2.37. The van der Waals surface area contributed by atoms with E-state index in [9.17, 15) is 4.79 Å². The lowest BCUT2D eigenvalue weighted by atomic mass is 9.84. The molecule has 0 bridgehead atoms. The van der Waals surface area contributed by atoms with Gasteiger partial charge >= 0.3 is 0 Å². The predicted octanol–water partition coefficient (Wildman–Crippen LogP) is 5.28. The minimum absolute atomic E-state index is 0.00347. The number of amides is 1. The SMILES string of the molecule is CN1C(=CC=C2SC(=S)N(CCc3ccccc3)C2=O)C(C)(C)c2ccccc21. The third kappa shape index (κ3) is 3.65. The fraction of sp³-hybridized carbons (Fsp3) is 0.250. The maximum atomic E-state index is 12.9. The molecule has 2 aliphatic heterocycles. The number of allylic oxidation sites excluding steroid dienone is 3. The van der Waals surface area contributed by atoms with Crippen molar-refractivity contribution in [1.29, 1.82) is 0 Å². The quantitative estimate of drug-likeness (QED) is 0.496. The van der Waals surface area contributed by atoms with Gasteiger partial charge in [0.2, 0.25) is 0 Å². The number of para-hydroxylation sites is 1. The summed E-state index contributed by atoms with van der Waals surface area (Å²) in [5.41, 5.74) is 4.79. The highest BCUT2D eigenvalue weighted by atomic mass is 32.2. The van der Waals surface area contributed by atoms with Gasteiger partial charge in [-0.2, -0.15) is 0 Å². The van der Waals surface area contributed by atoms with Gasteiger partial charge in [0.25, 0.3) is 5.91 Å². The second-order valence-electron chi connectivity index (χ2n) is 7.84. The first-order valence-electron chi connectivity index (χ1n) is 9.73. The summed E-state index contributed by atoms with van der Waals surface area (Å²) in [5.74, 6) is 0.00347. The number of thiocarbonyl (C=S) groups is 1. The second-order valence-corrected chi connectivity index (χ2v) is 9.52. The van der Waals surface area contributed by atoms with E-state index >= 15 is 0 Å². The number of rotatable bonds is 4. The minimum Gasteiger partial charge on any atom is -0.347 e. The molecule has 1 saturated heterocycles. The third-order valence-corrected chi connectivity index (χ3v) is 7.07. The molecule has 148 valence electrons. The van der Waals surface area contributed by atoms with Crippen LogP contribution in [0.2, 0.25) is 0 Å². The Labute approximate surface area is 182 Å². The van der Waals surface area contributed by atoms with Crippen LogP contribution >= 0.6 is 24.0 Å². The molecule has 1 fully saturated rings. The Morgan fingerprint density at radius 2 is 1.72 bits per heavy atom. The van der Waals surface area contributed by atoms with Crippen LogP contribution in [0.15, 0.2) is 77.4 Å². The highest BCUT2D eigenvalue weighted by Crippen LogP contribution is 2.46. The Morgan fingerprint density at radius 3 is 2.45 bits per heavy atom. The van der Waals surface area contributed by atoms with Crippen LogP contribution in [-0.4, -0.2) is 28.7 Å². The van der Waals surface area contributed by atoms with Crippen molar-refractivity contribution in [3.05, 3.63) is 88.5 Å². The second kappa shape index (κ2) is 7.81. The molecular weight excluding hydrogens is 396 g/mol. The molecule has 0 N–H and O–H groups in total. The van der Waals surface area contributed by atoms with Crippen LogP contribution < -0.4 is 4.90 Å². The molecule has 1 amide bonds. The molecule has 2 aromatic rings. The summed E-state index contributed by atoms with van der Waals surface area (Å²) in [7, 11) is 2.08. The first kappa shape index (κ1) is 19.9. The van der Waals surface area contributed by atoms with Crippen LogP contribution in [0.3, 0.4) is 0 Å². The average Bonchev–Trinajstić information content (AvgIpc) is 3.10. The van der Waals surface area contributed by atoms with Gasteiger partial charge in [-0.15, -0.1) is 0 Å². The summed E-state index contributed by atoms with van der Waals surface area (Å²) in [6.07, 6.45) is 4.80. The van der Waals surface area contributed by atoms with E-state index in [4.69, 9.17) is 12.2 Å². The molecular formula is C24H24N2OS2. The summed E-state index contributed by atoms with van der Waals surface area (Å²) in [5, 5.41) is 0. The standard InChI is InChI=1S/C24H24N2OS2/c1-24(2)18-11-7-8-12-19(18)25(3)21(24)14-13-20-22(27)26(23(28)29-20)16-15-17-9-5-4-6-10-17/h4-14H,15-16H2,1-3H3. The lowest BCUT2D eigenvalue weighted by Gasteiger charge is -2.23. The number of thioether (sulfide) groups is 1. The zero-order valence-corrected chi connectivity index (χ0v) is 18.5. The van der Waals surface area contributed by atoms with Crippen molar-refractivity contribution in [2.24, 2.45) is 0 Å². The van der Waals surface area contributed by atoms with E-state index in [1.807, 2.05) is 24.3 Å². The van der Waals surface area contributed by atoms with E-state index in [1.165, 1.54) is 34.3 Å². The van der Waals surface area contributed by atoms with Crippen molar-refractivity contribution >= 4 is 39.9 Å². The van der Waals surface area contributed by atoms with Gasteiger partial charge in [-0.05, 0) is 35.8 Å². The highest BCUT2D eigenvalue weighted by molar-refractivity contribution is 8.26. The predicted molar refractivity (Wildman–Crippen MR) is 126 cm³/mol. The van der Waals surface area contributed by atoms with E-state index in [-0.39, 0.29) is 11.3 Å². The summed E-state index contributed by atoms with van der Waals surface area (Å²) >= 11 is 6.87. The molecule has 29 heavy (non-hydrogen) atoms. The van der Waals surface area contributed by atoms with E-state index in [1.54, 1.807) is 4.90 Å². The molecule has 4 rings (SSSR count). The van der Waals surface area contributed by atoms with Gasteiger partial charge in [0.1, 0.15) is 4.32 Å². The average molecular weight is 421 g/mol. The number of fused-ring (bicyclic) bond motifs is 1. The lowest BCUT2D eigenvalue weighted by molar-refractivity contribution is -0.122. The van der Waals surface area contributed by atoms with Crippen molar-refractivity contribution in [1.82, 2.24) is 4.90 Å². The number of carbonyl (C=O) groups is 1. The molecule has 2 aliphatic rings. The topological polar surface area (TPSA) is 23.6 Å². The Kier molecular flexibility index (Phi) is 5.36. The van der Waals surface area contributed by atoms with Crippen molar-refractivity contribution in [3.63, 3.8) is 0 Å². The smallest absolute Gasteiger partial charge is 0.266 e. The summed E-state index contributed by atoms with van der Waals surface area (Å²) in [6.45, 7) is 5.06. The van der Waals surface area contributed by atoms with Gasteiger partial charge < -0.3 is 4.90 Å². The van der Waals surface area contributed by atoms with Crippen LogP contribution in [0.5, 0.6) is 0 Å². The fourth-order valence-electron chi connectivity index (χ4n) is 4.05. The largest absolute Gasteiger partial charge is 0.347 e. The number of hydrogen-bond acceptors (Lipinski definition) is 4. The van der Waals surface area contributed by atoms with Crippen molar-refractivity contribution in [2.75, 3.05) is 18.5 Å². The first-order chi connectivity index (χ1) is 13.9. The molecule has 2 heterocycles. The monoisotopic (exact) mass is 420 g/mol. The molecule has 3 nitrogen and oxygen atoms in total. The Balaban J connectivity index is 1.53. The van der Waals surface area contributed by atoms with Crippen LogP contribution in [0.1, 0.15) is 25.0 Å². The molecule has 0 aromatic heterocycles. The number of likely N-dealkylation sites (N-methyl/N-ethyl adjacent to an activating group) is 1. The molecule has 0 unspecified atom stereocenters. The van der Waals surface area contributed by atoms with Crippen LogP contribution in [0.25, 0.3) is 0 Å². The van der Waals surface area contributed by atoms with E-state index in [0.29, 0.717) is 15.8 Å². The van der Waals surface area contributed by atoms with E-state index < -0.39 is 0 Å². The highest BCUT2D eigenvalue weighted by Gasteiger charge is 2.38. The van der Waals surface area contributed by atoms with Gasteiger partial charge in [0, 0.05) is 30.4 Å². The number of nitrogens with zero attached hydrogens (tertiary/aromatic N) is 2. The molecule has 5 heteroatoms. The first-order valence-corrected chi connectivity index (χ1v) is 11.0. The number of hydrogen-bond donors (Lipinski definition) is 0. The summed E-state index contributed by atoms with van der Waals surface area (Å²) in [4.78, 5) is 17.5. The van der Waals surface area contributed by atoms with Crippen LogP contribution in [-0.2, 0) is 16.6 Å². The molecule has 0 radical (unpaired) electrons. The molecule has 0 saturated carbocycles. The Morgan fingerprint density at radius 1 is 1.03 bits per heavy atom. The zero-order valence-electron chi connectivity index (χ0n) is 16.9. The third-order valence-electron chi connectivity index (χ3n) is 5.67. The summed E-state index contributed by atoms with van der Waals surface area (Å²) < 4.78 is 0.637. The number of carbonyl (C=O) groups excluding carboxylic acids is 1. The van der Waals surface area contributed by atoms with Gasteiger partial charge in [-0.25, -0.2) is 0 Å². The minimum atomic E-state index is -0.109. The fourth-order valence-corrected chi connectivity index (χ4v) is 5.30. The maximum absolute atomic E-state index is 12.9. The summed E-state index contributed by atoms with van der Waals surface area (Å²) in [6, 6.07) is 18.6. The van der Waals surface area contributed by atoms with Gasteiger partial charge in [0.05, 0.1) is 4.91 Å². The van der Waals surface area contributed by atoms with E-state index in [0.717, 1.165) is 6.42 Å². The number of anilines is 1. The normalized spacial score (nSPS) is 20.8. The van der Waals surface area contributed by atoms with E-state index in [2.05, 4.69) is 68.3 Å². The van der Waals surface area contributed by atoms with Crippen LogP contribution in [0, 0.1) is 0 Å². The molecule has 0 spiro atoms. The van der Waals surface area contributed by atoms with Crippen molar-refractivity contribution in [3.8, 4) is 0 Å². The van der Waals surface area contributed by atoms with Gasteiger partial charge in [0.15, 0.2) is 0 Å². The van der Waals surface area contributed by atoms with Crippen LogP contribution in [0.4, 0.5) is 5.69 Å². The van der Waals surface area contributed by atoms with Gasteiger partial charge in [-0.1, -0.05) is 86.4 Å². The van der Waals surface area contributed by atoms with Crippen molar-refractivity contribution in [2.45, 2.75) is 25.7 Å². The maximum Gasteiger partial charge on any atom is 0.266 e. The Bertz CT molecular complexity index is 1020. The lowest BCUT2D eigenvalue weighted by Crippen LogP contribution is -2.30. The van der Waals surface area contributed by atoms with Gasteiger partial charge in [-0.3, -0.25) is 9.69 Å². The molecule has 0 aliphatic carbocycles. The molecule has 2 aromatic carbocycles.